The van der Waals surface area contributed by atoms with Crippen molar-refractivity contribution in [1.82, 2.24) is 0 Å². The van der Waals surface area contributed by atoms with E-state index < -0.39 is 5.78 Å². The summed E-state index contributed by atoms with van der Waals surface area (Å²) in [5.41, 5.74) is 0. The zero-order valence-corrected chi connectivity index (χ0v) is 3.50. The molecule has 0 spiro atoms. The van der Waals surface area contributed by atoms with Gasteiger partial charge in [-0.25, -0.2) is 0 Å². The van der Waals surface area contributed by atoms with Gasteiger partial charge in [0.05, 0.1) is 6.26 Å². The molecule has 38 valence electrons. The van der Waals surface area contributed by atoms with Crippen LogP contribution in [0.25, 0.3) is 0 Å². The van der Waals surface area contributed by atoms with Gasteiger partial charge in [-0.15, -0.1) is 0 Å². The fourth-order valence-electron chi connectivity index (χ4n) is 0.113. The summed E-state index contributed by atoms with van der Waals surface area (Å²) in [6, 6.07) is 0. The molecule has 0 aliphatic heterocycles. The molecule has 0 aromatic heterocycles. The Morgan fingerprint density at radius 1 is 1.57 bits per heavy atom. The smallest absolute Gasteiger partial charge is 0.221 e. The van der Waals surface area contributed by atoms with Crippen molar-refractivity contribution in [1.29, 1.82) is 0 Å². The second kappa shape index (κ2) is 3.08. The maximum Gasteiger partial charge on any atom is 0.221 e. The van der Waals surface area contributed by atoms with Crippen LogP contribution in [0.15, 0.2) is 12.3 Å². The quantitative estimate of drug-likeness (QED) is 0.227. The van der Waals surface area contributed by atoms with Crippen LogP contribution in [0.4, 0.5) is 0 Å². The van der Waals surface area contributed by atoms with Crippen molar-refractivity contribution in [3.63, 3.8) is 0 Å². The molecule has 0 aliphatic rings. The van der Waals surface area contributed by atoms with Gasteiger partial charge < -0.3 is 5.11 Å². The Balaban J connectivity index is 3.58. The number of allylic oxidation sites excluding steroid dienone is 1. The summed E-state index contributed by atoms with van der Waals surface area (Å²) in [6.45, 7) is 0. The van der Waals surface area contributed by atoms with Gasteiger partial charge in [-0.3, -0.25) is 9.59 Å². The number of carbonyl (C=O) groups excluding carboxylic acids is 2. The second-order valence-corrected chi connectivity index (χ2v) is 0.836. The zero-order chi connectivity index (χ0) is 5.70. The average molecular weight is 100 g/mol. The van der Waals surface area contributed by atoms with Gasteiger partial charge in [-0.1, -0.05) is 0 Å². The maximum atomic E-state index is 9.80. The number of ketones is 1. The molecule has 0 atom stereocenters. The molecule has 3 nitrogen and oxygen atoms in total. The number of rotatable bonds is 2. The lowest BCUT2D eigenvalue weighted by Gasteiger charge is -1.68. The molecule has 0 radical (unpaired) electrons. The third-order valence-corrected chi connectivity index (χ3v) is 0.355. The fourth-order valence-corrected chi connectivity index (χ4v) is 0.113. The Hall–Kier alpha value is -1.12. The van der Waals surface area contributed by atoms with Crippen LogP contribution in [0.1, 0.15) is 0 Å². The van der Waals surface area contributed by atoms with E-state index in [0.717, 1.165) is 6.08 Å². The lowest BCUT2D eigenvalue weighted by Crippen LogP contribution is -1.90. The first-order valence-corrected chi connectivity index (χ1v) is 1.61. The normalized spacial score (nSPS) is 9.14. The van der Waals surface area contributed by atoms with Crippen LogP contribution in [0.2, 0.25) is 0 Å². The summed E-state index contributed by atoms with van der Waals surface area (Å²) < 4.78 is 0. The van der Waals surface area contributed by atoms with Crippen molar-refractivity contribution in [3.8, 4) is 0 Å². The molecule has 0 saturated carbocycles. The first-order valence-electron chi connectivity index (χ1n) is 1.61. The van der Waals surface area contributed by atoms with E-state index in [1.54, 1.807) is 0 Å². The molecular weight excluding hydrogens is 96.0 g/mol. The van der Waals surface area contributed by atoms with E-state index >= 15 is 0 Å². The van der Waals surface area contributed by atoms with Crippen molar-refractivity contribution in [3.05, 3.63) is 12.3 Å². The molecule has 0 aromatic rings. The van der Waals surface area contributed by atoms with E-state index in [9.17, 15) is 9.59 Å². The van der Waals surface area contributed by atoms with E-state index in [1.165, 1.54) is 0 Å². The number of hydrogen-bond donors (Lipinski definition) is 1. The summed E-state index contributed by atoms with van der Waals surface area (Å²) in [6.07, 6.45) is 1.41. The van der Waals surface area contributed by atoms with Gasteiger partial charge in [-0.2, -0.15) is 0 Å². The molecule has 0 aliphatic carbocycles. The Kier molecular flexibility index (Phi) is 2.59. The largest absolute Gasteiger partial charge is 0.515 e. The Morgan fingerprint density at radius 2 is 2.14 bits per heavy atom. The third kappa shape index (κ3) is 2.69. The van der Waals surface area contributed by atoms with Crippen LogP contribution in [0, 0.1) is 0 Å². The zero-order valence-electron chi connectivity index (χ0n) is 3.50. The molecule has 0 heterocycles. The van der Waals surface area contributed by atoms with Crippen molar-refractivity contribution < 1.29 is 14.7 Å². The predicted octanol–water partition coefficient (Wildman–Crippen LogP) is -0.174. The van der Waals surface area contributed by atoms with Crippen molar-refractivity contribution in [2.75, 3.05) is 0 Å². The van der Waals surface area contributed by atoms with E-state index in [2.05, 4.69) is 0 Å². The van der Waals surface area contributed by atoms with Gasteiger partial charge >= 0.3 is 0 Å². The first-order chi connectivity index (χ1) is 3.31. The topological polar surface area (TPSA) is 54.4 Å². The summed E-state index contributed by atoms with van der Waals surface area (Å²) in [7, 11) is 0. The number of carbonyl (C=O) groups is 2. The molecule has 0 unspecified atom stereocenters. The highest BCUT2D eigenvalue weighted by Gasteiger charge is 1.85. The SMILES string of the molecule is O=CC(=O)/C=C/O. The molecule has 0 amide bonds. The molecular formula is C4H4O3. The van der Waals surface area contributed by atoms with E-state index in [0.29, 0.717) is 6.26 Å². The van der Waals surface area contributed by atoms with E-state index in [-0.39, 0.29) is 6.29 Å². The molecule has 1 N–H and O–H groups in total. The maximum absolute atomic E-state index is 9.80. The lowest BCUT2D eigenvalue weighted by molar-refractivity contribution is -0.126. The number of hydrogen-bond acceptors (Lipinski definition) is 3. The summed E-state index contributed by atoms with van der Waals surface area (Å²) in [4.78, 5) is 19.2. The number of aliphatic hydroxyl groups excluding tert-OH is 1. The van der Waals surface area contributed by atoms with Crippen LogP contribution in [0.5, 0.6) is 0 Å². The van der Waals surface area contributed by atoms with E-state index in [1.807, 2.05) is 0 Å². The molecule has 0 saturated heterocycles. The minimum atomic E-state index is -0.734. The van der Waals surface area contributed by atoms with Crippen molar-refractivity contribution in [2.45, 2.75) is 0 Å². The molecule has 0 bridgehead atoms. The van der Waals surface area contributed by atoms with Crippen LogP contribution in [-0.2, 0) is 9.59 Å². The van der Waals surface area contributed by atoms with Crippen molar-refractivity contribution >= 4 is 12.1 Å². The summed E-state index contributed by atoms with van der Waals surface area (Å²) in [5.74, 6) is -0.734. The Labute approximate surface area is 40.3 Å². The van der Waals surface area contributed by atoms with Crippen molar-refractivity contribution in [2.24, 2.45) is 0 Å². The van der Waals surface area contributed by atoms with Gasteiger partial charge in [0.25, 0.3) is 0 Å². The summed E-state index contributed by atoms with van der Waals surface area (Å²) in [5, 5.41) is 7.81. The standard InChI is InChI=1S/C4H4O3/c5-2-1-4(7)3-6/h1-3,5H/b2-1+. The summed E-state index contributed by atoms with van der Waals surface area (Å²) >= 11 is 0. The molecule has 3 heteroatoms. The fraction of sp³-hybridized carbons (Fsp3) is 0. The lowest BCUT2D eigenvalue weighted by atomic mass is 10.4. The van der Waals surface area contributed by atoms with Crippen LogP contribution >= 0.6 is 0 Å². The minimum Gasteiger partial charge on any atom is -0.515 e. The third-order valence-electron chi connectivity index (χ3n) is 0.355. The average Bonchev–Trinajstić information content (AvgIpc) is 1.68. The van der Waals surface area contributed by atoms with Gasteiger partial charge in [0.15, 0.2) is 6.29 Å². The minimum absolute atomic E-state index is 0.118. The number of aldehydes is 1. The first kappa shape index (κ1) is 5.88. The van der Waals surface area contributed by atoms with Gasteiger partial charge in [0, 0.05) is 6.08 Å². The van der Waals surface area contributed by atoms with E-state index in [4.69, 9.17) is 5.11 Å². The van der Waals surface area contributed by atoms with Gasteiger partial charge in [-0.05, 0) is 0 Å². The van der Waals surface area contributed by atoms with Crippen LogP contribution in [0.3, 0.4) is 0 Å². The Morgan fingerprint density at radius 3 is 2.29 bits per heavy atom. The van der Waals surface area contributed by atoms with Crippen LogP contribution < -0.4 is 0 Å². The monoisotopic (exact) mass is 100 g/mol. The molecule has 0 fully saturated rings. The van der Waals surface area contributed by atoms with Crippen LogP contribution in [-0.4, -0.2) is 17.2 Å². The molecule has 0 aromatic carbocycles. The van der Waals surface area contributed by atoms with Gasteiger partial charge in [0.1, 0.15) is 0 Å². The number of aliphatic hydroxyl groups is 1. The molecule has 0 rings (SSSR count). The Bertz CT molecular complexity index is 104. The van der Waals surface area contributed by atoms with Gasteiger partial charge in [0.2, 0.25) is 5.78 Å². The highest BCUT2D eigenvalue weighted by atomic mass is 16.2. The second-order valence-electron chi connectivity index (χ2n) is 0.836. The molecule has 7 heavy (non-hydrogen) atoms. The highest BCUT2D eigenvalue weighted by Crippen LogP contribution is 1.64. The highest BCUT2D eigenvalue weighted by molar-refractivity contribution is 6.30. The predicted molar refractivity (Wildman–Crippen MR) is 22.8 cm³/mol.